The highest BCUT2D eigenvalue weighted by Gasteiger charge is 2.33. The van der Waals surface area contributed by atoms with Crippen molar-refractivity contribution in [1.29, 1.82) is 0 Å². The molecule has 23 heavy (non-hydrogen) atoms. The highest BCUT2D eigenvalue weighted by Crippen LogP contribution is 2.37. The van der Waals surface area contributed by atoms with Gasteiger partial charge in [-0.1, -0.05) is 6.92 Å². The summed E-state index contributed by atoms with van der Waals surface area (Å²) in [4.78, 5) is 26.1. The van der Waals surface area contributed by atoms with Gasteiger partial charge < -0.3 is 14.7 Å². The molecule has 0 saturated carbocycles. The maximum atomic E-state index is 12.9. The molecule has 1 aromatic carbocycles. The second-order valence-electron chi connectivity index (χ2n) is 6.54. The fourth-order valence-corrected chi connectivity index (χ4v) is 3.11. The first kappa shape index (κ1) is 17.5. The fraction of sp³-hybridized carbons (Fsp3) is 0.556. The van der Waals surface area contributed by atoms with E-state index in [2.05, 4.69) is 0 Å². The minimum absolute atomic E-state index is 0.0567. The number of carbonyl (C=O) groups is 2. The van der Waals surface area contributed by atoms with Crippen molar-refractivity contribution in [3.05, 3.63) is 28.3 Å². The molecule has 5 heteroatoms. The number of fused-ring (bicyclic) bond motifs is 1. The minimum Gasteiger partial charge on any atom is -0.478 e. The number of carbonyl (C=O) groups excluding carboxylic acids is 1. The summed E-state index contributed by atoms with van der Waals surface area (Å²) in [5, 5.41) is 9.15. The van der Waals surface area contributed by atoms with E-state index in [1.165, 1.54) is 0 Å². The second-order valence-corrected chi connectivity index (χ2v) is 6.54. The van der Waals surface area contributed by atoms with Crippen molar-refractivity contribution >= 4 is 11.8 Å². The Labute approximate surface area is 137 Å². The molecular weight excluding hydrogens is 294 g/mol. The lowest BCUT2D eigenvalue weighted by Crippen LogP contribution is -2.28. The van der Waals surface area contributed by atoms with Gasteiger partial charge in [0, 0.05) is 24.4 Å². The number of carboxylic acid groups (broad SMARTS) is 1. The Morgan fingerprint density at radius 3 is 2.52 bits per heavy atom. The number of carboxylic acids is 1. The van der Waals surface area contributed by atoms with E-state index in [0.717, 1.165) is 23.1 Å². The Bertz CT molecular complexity index is 636. The van der Waals surface area contributed by atoms with Crippen molar-refractivity contribution in [2.24, 2.45) is 5.92 Å². The summed E-state index contributed by atoms with van der Waals surface area (Å²) in [6, 6.07) is 1.83. The topological polar surface area (TPSA) is 66.8 Å². The van der Waals surface area contributed by atoms with Crippen LogP contribution in [0, 0.1) is 19.8 Å². The van der Waals surface area contributed by atoms with E-state index < -0.39 is 12.1 Å². The number of ether oxygens (including phenoxy) is 1. The van der Waals surface area contributed by atoms with Gasteiger partial charge in [0.05, 0.1) is 0 Å². The zero-order valence-electron chi connectivity index (χ0n) is 14.5. The van der Waals surface area contributed by atoms with Gasteiger partial charge in [-0.15, -0.1) is 0 Å². The molecular formula is C18H25NO4. The molecule has 1 N–H and O–H groups in total. The zero-order chi connectivity index (χ0) is 17.3. The second kappa shape index (κ2) is 6.71. The number of hydrogen-bond donors (Lipinski definition) is 1. The monoisotopic (exact) mass is 319 g/mol. The van der Waals surface area contributed by atoms with Gasteiger partial charge in [0.25, 0.3) is 0 Å². The molecule has 0 amide bonds. The van der Waals surface area contributed by atoms with Crippen LogP contribution >= 0.6 is 0 Å². The predicted molar refractivity (Wildman–Crippen MR) is 88.3 cm³/mol. The number of aliphatic carboxylic acids is 1. The maximum absolute atomic E-state index is 12.9. The standard InChI is InChI=1S/C18H25NO4/c1-6-12(9-19(4)5)16(20)14-7-13-8-15(18(21)22)23-17(13)11(3)10(14)2/h7,12,15H,6,8-9H2,1-5H3,(H,21,22). The first-order valence-corrected chi connectivity index (χ1v) is 7.97. The van der Waals surface area contributed by atoms with Crippen molar-refractivity contribution in [3.8, 4) is 5.75 Å². The SMILES string of the molecule is CCC(CN(C)C)C(=O)c1cc2c(c(C)c1C)OC(C(=O)O)C2. The van der Waals surface area contributed by atoms with Gasteiger partial charge in [-0.3, -0.25) is 4.79 Å². The van der Waals surface area contributed by atoms with E-state index in [1.54, 1.807) is 0 Å². The minimum atomic E-state index is -0.967. The number of ketones is 1. The van der Waals surface area contributed by atoms with Crippen LogP contribution in [0.4, 0.5) is 0 Å². The number of Topliss-reactive ketones (excluding diaryl/α,β-unsaturated/α-hetero) is 1. The van der Waals surface area contributed by atoms with Gasteiger partial charge in [-0.05, 0) is 57.1 Å². The summed E-state index contributed by atoms with van der Waals surface area (Å²) in [6.45, 7) is 6.52. The summed E-state index contributed by atoms with van der Waals surface area (Å²) >= 11 is 0. The Morgan fingerprint density at radius 1 is 1.35 bits per heavy atom. The third kappa shape index (κ3) is 3.39. The smallest absolute Gasteiger partial charge is 0.345 e. The van der Waals surface area contributed by atoms with Crippen LogP contribution < -0.4 is 4.74 Å². The zero-order valence-corrected chi connectivity index (χ0v) is 14.5. The summed E-state index contributed by atoms with van der Waals surface area (Å²) in [5.41, 5.74) is 3.28. The van der Waals surface area contributed by atoms with Crippen molar-refractivity contribution in [3.63, 3.8) is 0 Å². The molecule has 0 aliphatic carbocycles. The van der Waals surface area contributed by atoms with E-state index in [4.69, 9.17) is 9.84 Å². The van der Waals surface area contributed by atoms with Crippen LogP contribution in [-0.2, 0) is 11.2 Å². The number of benzene rings is 1. The van der Waals surface area contributed by atoms with Gasteiger partial charge >= 0.3 is 5.97 Å². The van der Waals surface area contributed by atoms with Crippen LogP contribution in [0.3, 0.4) is 0 Å². The van der Waals surface area contributed by atoms with Crippen molar-refractivity contribution < 1.29 is 19.4 Å². The van der Waals surface area contributed by atoms with Crippen LogP contribution in [0.2, 0.25) is 0 Å². The highest BCUT2D eigenvalue weighted by atomic mass is 16.5. The highest BCUT2D eigenvalue weighted by molar-refractivity contribution is 6.00. The molecule has 1 heterocycles. The third-order valence-electron chi connectivity index (χ3n) is 4.57. The van der Waals surface area contributed by atoms with Crippen LogP contribution in [0.5, 0.6) is 5.75 Å². The van der Waals surface area contributed by atoms with E-state index >= 15 is 0 Å². The molecule has 2 rings (SSSR count). The van der Waals surface area contributed by atoms with Crippen LogP contribution in [0.25, 0.3) is 0 Å². The third-order valence-corrected chi connectivity index (χ3v) is 4.57. The molecule has 0 radical (unpaired) electrons. The van der Waals surface area contributed by atoms with Gasteiger partial charge in [0.15, 0.2) is 11.9 Å². The van der Waals surface area contributed by atoms with Crippen molar-refractivity contribution in [1.82, 2.24) is 4.90 Å². The Hall–Kier alpha value is -1.88. The van der Waals surface area contributed by atoms with Gasteiger partial charge in [0.2, 0.25) is 0 Å². The van der Waals surface area contributed by atoms with E-state index in [1.807, 2.05) is 45.8 Å². The number of nitrogens with zero attached hydrogens (tertiary/aromatic N) is 1. The van der Waals surface area contributed by atoms with Crippen molar-refractivity contribution in [2.75, 3.05) is 20.6 Å². The average molecular weight is 319 g/mol. The maximum Gasteiger partial charge on any atom is 0.345 e. The van der Waals surface area contributed by atoms with Gasteiger partial charge in [-0.2, -0.15) is 0 Å². The van der Waals surface area contributed by atoms with Crippen molar-refractivity contribution in [2.45, 2.75) is 39.7 Å². The molecule has 126 valence electrons. The van der Waals surface area contributed by atoms with E-state index in [9.17, 15) is 9.59 Å². The molecule has 0 fully saturated rings. The first-order valence-electron chi connectivity index (χ1n) is 7.97. The molecule has 2 atom stereocenters. The molecule has 2 unspecified atom stereocenters. The molecule has 1 aliphatic heterocycles. The number of rotatable bonds is 6. The summed E-state index contributed by atoms with van der Waals surface area (Å²) in [5.74, 6) is -0.264. The largest absolute Gasteiger partial charge is 0.478 e. The molecule has 0 bridgehead atoms. The lowest BCUT2D eigenvalue weighted by atomic mass is 9.88. The summed E-state index contributed by atoms with van der Waals surface area (Å²) in [6.07, 6.45) is 0.245. The van der Waals surface area contributed by atoms with Gasteiger partial charge in [0.1, 0.15) is 5.75 Å². The van der Waals surface area contributed by atoms with E-state index in [0.29, 0.717) is 24.3 Å². The van der Waals surface area contributed by atoms with E-state index in [-0.39, 0.29) is 11.7 Å². The molecule has 0 aromatic heterocycles. The molecule has 5 nitrogen and oxygen atoms in total. The Morgan fingerprint density at radius 2 is 2.00 bits per heavy atom. The average Bonchev–Trinajstić information content (AvgIpc) is 2.92. The lowest BCUT2D eigenvalue weighted by Gasteiger charge is -2.20. The molecule has 0 spiro atoms. The Balaban J connectivity index is 2.39. The normalized spacial score (nSPS) is 17.7. The van der Waals surface area contributed by atoms with Gasteiger partial charge in [-0.25, -0.2) is 4.79 Å². The quantitative estimate of drug-likeness (QED) is 0.816. The molecule has 1 aliphatic rings. The molecule has 1 aromatic rings. The number of hydrogen-bond acceptors (Lipinski definition) is 4. The first-order chi connectivity index (χ1) is 10.8. The van der Waals surface area contributed by atoms with Crippen LogP contribution in [0.1, 0.15) is 40.4 Å². The van der Waals surface area contributed by atoms with Crippen LogP contribution in [-0.4, -0.2) is 48.5 Å². The fourth-order valence-electron chi connectivity index (χ4n) is 3.11. The summed E-state index contributed by atoms with van der Waals surface area (Å²) < 4.78 is 5.55. The predicted octanol–water partition coefficient (Wildman–Crippen LogP) is 2.46. The Kier molecular flexibility index (Phi) is 5.09. The lowest BCUT2D eigenvalue weighted by molar-refractivity contribution is -0.144. The van der Waals surface area contributed by atoms with Crippen LogP contribution in [0.15, 0.2) is 6.07 Å². The summed E-state index contributed by atoms with van der Waals surface area (Å²) in [7, 11) is 3.92. The molecule has 0 saturated heterocycles.